The van der Waals surface area contributed by atoms with Crippen LogP contribution < -0.4 is 10.2 Å². The van der Waals surface area contributed by atoms with Crippen LogP contribution in [0.4, 0.5) is 5.69 Å². The number of anilines is 1. The molecule has 2 aromatic heterocycles. The summed E-state index contributed by atoms with van der Waals surface area (Å²) in [6, 6.07) is 22.7. The van der Waals surface area contributed by atoms with Crippen LogP contribution in [0.15, 0.2) is 79.3 Å². The minimum Gasteiger partial charge on any atom is -0.364 e. The van der Waals surface area contributed by atoms with Crippen molar-refractivity contribution in [2.45, 2.75) is 32.9 Å². The maximum atomic E-state index is 4.84. The van der Waals surface area contributed by atoms with E-state index in [0.717, 1.165) is 35.4 Å². The minimum atomic E-state index is 0.480. The largest absolute Gasteiger partial charge is 0.364 e. The van der Waals surface area contributed by atoms with Gasteiger partial charge in [-0.15, -0.1) is 0 Å². The molecule has 1 aliphatic heterocycles. The van der Waals surface area contributed by atoms with Crippen molar-refractivity contribution in [1.29, 1.82) is 0 Å². The Balaban J connectivity index is 1.35. The van der Waals surface area contributed by atoms with Gasteiger partial charge in [0.1, 0.15) is 0 Å². The molecule has 1 fully saturated rings. The van der Waals surface area contributed by atoms with E-state index in [1.165, 1.54) is 27.6 Å². The van der Waals surface area contributed by atoms with Crippen LogP contribution in [0.2, 0.25) is 0 Å². The molecular formula is C29H29N5. The van der Waals surface area contributed by atoms with E-state index in [4.69, 9.17) is 4.98 Å². The van der Waals surface area contributed by atoms with E-state index < -0.39 is 0 Å². The molecule has 1 saturated heterocycles. The van der Waals surface area contributed by atoms with Crippen molar-refractivity contribution in [2.24, 2.45) is 0 Å². The number of nitrogens with zero attached hydrogens (tertiary/aromatic N) is 4. The molecule has 0 aliphatic carbocycles. The Hall–Kier alpha value is -3.70. The zero-order valence-corrected chi connectivity index (χ0v) is 19.9. The summed E-state index contributed by atoms with van der Waals surface area (Å²) in [6.07, 6.45) is 5.97. The first-order chi connectivity index (χ1) is 16.6. The van der Waals surface area contributed by atoms with Gasteiger partial charge in [0.05, 0.1) is 6.20 Å². The van der Waals surface area contributed by atoms with Crippen molar-refractivity contribution >= 4 is 22.1 Å². The molecule has 1 N–H and O–H groups in total. The van der Waals surface area contributed by atoms with Crippen LogP contribution in [0.1, 0.15) is 19.4 Å². The highest BCUT2D eigenvalue weighted by Gasteiger charge is 2.24. The second kappa shape index (κ2) is 8.26. The van der Waals surface area contributed by atoms with E-state index in [2.05, 4.69) is 103 Å². The number of aromatic nitrogens is 3. The third kappa shape index (κ3) is 3.44. The van der Waals surface area contributed by atoms with Gasteiger partial charge in [0.15, 0.2) is 5.65 Å². The van der Waals surface area contributed by atoms with Crippen LogP contribution in [0, 0.1) is 6.92 Å². The average molecular weight is 448 g/mol. The van der Waals surface area contributed by atoms with E-state index in [-0.39, 0.29) is 0 Å². The van der Waals surface area contributed by atoms with E-state index in [1.807, 2.05) is 16.9 Å². The van der Waals surface area contributed by atoms with Gasteiger partial charge in [0.25, 0.3) is 0 Å². The summed E-state index contributed by atoms with van der Waals surface area (Å²) in [5.74, 6) is 0. The minimum absolute atomic E-state index is 0.480. The molecule has 5 aromatic rings. The molecule has 6 rings (SSSR count). The lowest BCUT2D eigenvalue weighted by Crippen LogP contribution is -2.55. The topological polar surface area (TPSA) is 45.5 Å². The third-order valence-electron chi connectivity index (χ3n) is 7.12. The van der Waals surface area contributed by atoms with Crippen molar-refractivity contribution in [2.75, 3.05) is 18.0 Å². The predicted molar refractivity (Wildman–Crippen MR) is 140 cm³/mol. The molecule has 0 saturated carbocycles. The number of rotatable bonds is 3. The summed E-state index contributed by atoms with van der Waals surface area (Å²) >= 11 is 0. The zero-order valence-electron chi connectivity index (χ0n) is 19.9. The summed E-state index contributed by atoms with van der Waals surface area (Å²) in [5.41, 5.74) is 7.85. The number of fused-ring (bicyclic) bond motifs is 2. The second-order valence-corrected chi connectivity index (χ2v) is 9.46. The van der Waals surface area contributed by atoms with Crippen molar-refractivity contribution in [3.05, 3.63) is 84.8 Å². The maximum Gasteiger partial charge on any atom is 0.162 e. The molecule has 0 radical (unpaired) electrons. The lowest BCUT2D eigenvalue weighted by Gasteiger charge is -2.41. The molecular weight excluding hydrogens is 418 g/mol. The van der Waals surface area contributed by atoms with Gasteiger partial charge in [-0.1, -0.05) is 48.5 Å². The molecule has 2 atom stereocenters. The summed E-state index contributed by atoms with van der Waals surface area (Å²) in [5, 5.41) is 10.7. The van der Waals surface area contributed by atoms with E-state index in [0.29, 0.717) is 12.1 Å². The van der Waals surface area contributed by atoms with Crippen LogP contribution in [0.3, 0.4) is 0 Å². The van der Waals surface area contributed by atoms with E-state index in [9.17, 15) is 0 Å². The van der Waals surface area contributed by atoms with Gasteiger partial charge in [-0.3, -0.25) is 0 Å². The normalized spacial score (nSPS) is 18.6. The highest BCUT2D eigenvalue weighted by molar-refractivity contribution is 6.01. The number of nitrogens with one attached hydrogen (secondary N) is 1. The summed E-state index contributed by atoms with van der Waals surface area (Å²) in [7, 11) is 0. The Kier molecular flexibility index (Phi) is 5.07. The number of hydrogen-bond donors (Lipinski definition) is 1. The van der Waals surface area contributed by atoms with Gasteiger partial charge in [-0.05, 0) is 60.4 Å². The zero-order chi connectivity index (χ0) is 23.2. The van der Waals surface area contributed by atoms with Crippen LogP contribution in [-0.4, -0.2) is 39.8 Å². The lowest BCUT2D eigenvalue weighted by atomic mass is 9.97. The summed E-state index contributed by atoms with van der Waals surface area (Å²) in [6.45, 7) is 8.75. The van der Waals surface area contributed by atoms with Gasteiger partial charge >= 0.3 is 0 Å². The second-order valence-electron chi connectivity index (χ2n) is 9.46. The molecule has 1 aliphatic rings. The van der Waals surface area contributed by atoms with Gasteiger partial charge in [0, 0.05) is 54.4 Å². The Bertz CT molecular complexity index is 1470. The molecule has 5 nitrogen and oxygen atoms in total. The number of aryl methyl sites for hydroxylation is 1. The van der Waals surface area contributed by atoms with Crippen LogP contribution >= 0.6 is 0 Å². The first-order valence-corrected chi connectivity index (χ1v) is 12.0. The van der Waals surface area contributed by atoms with Gasteiger partial charge in [-0.25, -0.2) is 9.50 Å². The van der Waals surface area contributed by atoms with Crippen LogP contribution in [0.5, 0.6) is 0 Å². The Morgan fingerprint density at radius 3 is 2.29 bits per heavy atom. The Morgan fingerprint density at radius 1 is 0.794 bits per heavy atom. The quantitative estimate of drug-likeness (QED) is 0.385. The van der Waals surface area contributed by atoms with E-state index in [1.54, 1.807) is 0 Å². The number of piperazine rings is 1. The first kappa shape index (κ1) is 20.9. The van der Waals surface area contributed by atoms with Gasteiger partial charge < -0.3 is 10.2 Å². The van der Waals surface area contributed by atoms with Crippen molar-refractivity contribution in [3.8, 4) is 22.3 Å². The highest BCUT2D eigenvalue weighted by Crippen LogP contribution is 2.33. The summed E-state index contributed by atoms with van der Waals surface area (Å²) < 4.78 is 1.90. The maximum absolute atomic E-state index is 4.84. The smallest absolute Gasteiger partial charge is 0.162 e. The third-order valence-corrected chi connectivity index (χ3v) is 7.12. The predicted octanol–water partition coefficient (Wildman–Crippen LogP) is 5.71. The fraction of sp³-hybridized carbons (Fsp3) is 0.241. The molecule has 170 valence electrons. The van der Waals surface area contributed by atoms with Gasteiger partial charge in [0.2, 0.25) is 0 Å². The fourth-order valence-electron chi connectivity index (χ4n) is 5.37. The monoisotopic (exact) mass is 447 g/mol. The van der Waals surface area contributed by atoms with Gasteiger partial charge in [-0.2, -0.15) is 5.10 Å². The van der Waals surface area contributed by atoms with Crippen LogP contribution in [0.25, 0.3) is 38.7 Å². The van der Waals surface area contributed by atoms with Crippen molar-refractivity contribution < 1.29 is 0 Å². The van der Waals surface area contributed by atoms with Crippen LogP contribution in [-0.2, 0) is 0 Å². The highest BCUT2D eigenvalue weighted by atomic mass is 15.2. The molecule has 0 amide bonds. The first-order valence-electron chi connectivity index (χ1n) is 12.0. The average Bonchev–Trinajstić information content (AvgIpc) is 3.28. The standard InChI is InChI=1S/C29H29N5/c1-19-8-13-27(26-7-5-4-6-25(19)26)28-17-32-33-18-23(16-31-29(28)33)22-9-11-24(12-10-22)34-20(2)14-30-15-21(34)3/h4-13,16-18,20-21,30H,14-15H2,1-3H3. The Morgan fingerprint density at radius 2 is 1.53 bits per heavy atom. The fourth-order valence-corrected chi connectivity index (χ4v) is 5.37. The lowest BCUT2D eigenvalue weighted by molar-refractivity contribution is 0.432. The van der Waals surface area contributed by atoms with E-state index >= 15 is 0 Å². The molecule has 3 aromatic carbocycles. The molecule has 34 heavy (non-hydrogen) atoms. The number of hydrogen-bond acceptors (Lipinski definition) is 4. The molecule has 3 heterocycles. The van der Waals surface area contributed by atoms with Crippen molar-refractivity contribution in [1.82, 2.24) is 19.9 Å². The molecule has 0 spiro atoms. The van der Waals surface area contributed by atoms with Crippen molar-refractivity contribution in [3.63, 3.8) is 0 Å². The SMILES string of the molecule is Cc1ccc(-c2cnn3cc(-c4ccc(N5C(C)CNCC5C)cc4)cnc23)c2ccccc12. The molecule has 2 unspecified atom stereocenters. The molecule has 5 heteroatoms. The summed E-state index contributed by atoms with van der Waals surface area (Å²) in [4.78, 5) is 7.35. The Labute approximate surface area is 200 Å². The number of benzene rings is 3. The molecule has 0 bridgehead atoms.